The van der Waals surface area contributed by atoms with Gasteiger partial charge in [0.05, 0.1) is 18.2 Å². The molecule has 0 spiro atoms. The molecule has 1 N–H and O–H groups in total. The maximum Gasteiger partial charge on any atom is 0.277 e. The molecule has 1 amide bonds. The van der Waals surface area contributed by atoms with E-state index in [9.17, 15) is 9.18 Å². The molecule has 4 rings (SSSR count). The number of ether oxygens (including phenoxy) is 2. The standard InChI is InChI=1S/C26H22ClFN2O3S/c1-16(18-6-4-3-5-7-18)30-25(31)22(29-26(30)34)13-17-8-10-23(32-2)19(12-17)15-33-24-11-9-20(28)14-21(24)27/h3-14,16H,15H2,1-2H3,(H,29,34)/b22-13-. The lowest BCUT2D eigenvalue weighted by Gasteiger charge is -2.23. The molecule has 1 fully saturated rings. The van der Waals surface area contributed by atoms with Gasteiger partial charge in [0.1, 0.15) is 29.6 Å². The van der Waals surface area contributed by atoms with Crippen LogP contribution in [0.5, 0.6) is 11.5 Å². The van der Waals surface area contributed by atoms with Gasteiger partial charge >= 0.3 is 0 Å². The minimum atomic E-state index is -0.439. The number of nitrogens with zero attached hydrogens (tertiary/aromatic N) is 1. The Kier molecular flexibility index (Phi) is 7.14. The van der Waals surface area contributed by atoms with Crippen LogP contribution in [0.3, 0.4) is 0 Å². The van der Waals surface area contributed by atoms with Crippen molar-refractivity contribution in [3.05, 3.63) is 100.0 Å². The Morgan fingerprint density at radius 1 is 1.12 bits per heavy atom. The van der Waals surface area contributed by atoms with E-state index in [1.54, 1.807) is 24.2 Å². The molecule has 1 unspecified atom stereocenters. The molecule has 8 heteroatoms. The number of amides is 1. The van der Waals surface area contributed by atoms with Gasteiger partial charge in [0.25, 0.3) is 5.91 Å². The van der Waals surface area contributed by atoms with E-state index in [0.717, 1.165) is 16.7 Å². The molecule has 1 aliphatic heterocycles. The fourth-order valence-corrected chi connectivity index (χ4v) is 4.27. The summed E-state index contributed by atoms with van der Waals surface area (Å²) in [4.78, 5) is 14.7. The largest absolute Gasteiger partial charge is 0.496 e. The van der Waals surface area contributed by atoms with E-state index in [-0.39, 0.29) is 23.6 Å². The van der Waals surface area contributed by atoms with Crippen molar-refractivity contribution in [2.24, 2.45) is 0 Å². The van der Waals surface area contributed by atoms with Crippen molar-refractivity contribution in [2.75, 3.05) is 7.11 Å². The Balaban J connectivity index is 1.55. The zero-order chi connectivity index (χ0) is 24.2. The van der Waals surface area contributed by atoms with E-state index >= 15 is 0 Å². The third kappa shape index (κ3) is 5.05. The first-order chi connectivity index (χ1) is 16.4. The summed E-state index contributed by atoms with van der Waals surface area (Å²) in [5.41, 5.74) is 2.87. The van der Waals surface area contributed by atoms with Crippen LogP contribution in [0.25, 0.3) is 6.08 Å². The van der Waals surface area contributed by atoms with Crippen molar-refractivity contribution in [1.29, 1.82) is 0 Å². The van der Waals surface area contributed by atoms with Gasteiger partial charge in [-0.15, -0.1) is 0 Å². The van der Waals surface area contributed by atoms with Crippen molar-refractivity contribution in [3.8, 4) is 11.5 Å². The third-order valence-corrected chi connectivity index (χ3v) is 6.07. The molecule has 1 heterocycles. The number of carbonyl (C=O) groups is 1. The fourth-order valence-electron chi connectivity index (χ4n) is 3.70. The number of hydrogen-bond acceptors (Lipinski definition) is 4. The second-order valence-electron chi connectivity index (χ2n) is 7.68. The van der Waals surface area contributed by atoms with Crippen molar-refractivity contribution < 1.29 is 18.7 Å². The zero-order valence-corrected chi connectivity index (χ0v) is 20.1. The fraction of sp³-hybridized carbons (Fsp3) is 0.154. The second kappa shape index (κ2) is 10.2. The summed E-state index contributed by atoms with van der Waals surface area (Å²) in [5.74, 6) is 0.331. The summed E-state index contributed by atoms with van der Waals surface area (Å²) in [6, 6.07) is 18.9. The number of carbonyl (C=O) groups excluding carboxylic acids is 1. The third-order valence-electron chi connectivity index (χ3n) is 5.47. The van der Waals surface area contributed by atoms with E-state index in [0.29, 0.717) is 22.3 Å². The SMILES string of the molecule is COc1ccc(/C=C2\NC(=S)N(C(C)c3ccccc3)C2=O)cc1COc1ccc(F)cc1Cl. The van der Waals surface area contributed by atoms with Crippen LogP contribution in [0.2, 0.25) is 5.02 Å². The number of halogens is 2. The molecule has 1 atom stereocenters. The van der Waals surface area contributed by atoms with Gasteiger partial charge in [-0.3, -0.25) is 9.69 Å². The number of benzene rings is 3. The van der Waals surface area contributed by atoms with Gasteiger partial charge in [-0.05, 0) is 66.7 Å². The first-order valence-corrected chi connectivity index (χ1v) is 11.3. The monoisotopic (exact) mass is 496 g/mol. The van der Waals surface area contributed by atoms with Gasteiger partial charge in [0, 0.05) is 5.56 Å². The molecule has 34 heavy (non-hydrogen) atoms. The molecule has 1 saturated heterocycles. The van der Waals surface area contributed by atoms with Crippen molar-refractivity contribution in [3.63, 3.8) is 0 Å². The summed E-state index contributed by atoms with van der Waals surface area (Å²) in [6.07, 6.45) is 1.74. The molecule has 0 aliphatic carbocycles. The molecular formula is C26H22ClFN2O3S. The van der Waals surface area contributed by atoms with Gasteiger partial charge in [-0.2, -0.15) is 0 Å². The molecule has 3 aromatic carbocycles. The van der Waals surface area contributed by atoms with E-state index in [1.807, 2.05) is 49.4 Å². The van der Waals surface area contributed by atoms with Crippen LogP contribution in [-0.2, 0) is 11.4 Å². The van der Waals surface area contributed by atoms with Crippen LogP contribution < -0.4 is 14.8 Å². The highest BCUT2D eigenvalue weighted by Gasteiger charge is 2.34. The first-order valence-electron chi connectivity index (χ1n) is 10.5. The summed E-state index contributed by atoms with van der Waals surface area (Å²) >= 11 is 11.5. The van der Waals surface area contributed by atoms with Gasteiger partial charge < -0.3 is 14.8 Å². The number of thiocarbonyl (C=S) groups is 1. The normalized spacial score (nSPS) is 15.4. The van der Waals surface area contributed by atoms with E-state index in [2.05, 4.69) is 5.32 Å². The maximum atomic E-state index is 13.3. The molecule has 0 bridgehead atoms. The number of nitrogens with one attached hydrogen (secondary N) is 1. The average Bonchev–Trinajstić information content (AvgIpc) is 3.11. The Morgan fingerprint density at radius 2 is 1.85 bits per heavy atom. The molecule has 5 nitrogen and oxygen atoms in total. The van der Waals surface area contributed by atoms with Crippen LogP contribution in [0.4, 0.5) is 4.39 Å². The minimum absolute atomic E-state index is 0.141. The van der Waals surface area contributed by atoms with Gasteiger partial charge in [0.2, 0.25) is 0 Å². The lowest BCUT2D eigenvalue weighted by molar-refractivity contribution is -0.123. The van der Waals surface area contributed by atoms with Crippen molar-refractivity contribution >= 4 is 40.9 Å². The smallest absolute Gasteiger partial charge is 0.277 e. The zero-order valence-electron chi connectivity index (χ0n) is 18.5. The summed E-state index contributed by atoms with van der Waals surface area (Å²) < 4.78 is 24.5. The highest BCUT2D eigenvalue weighted by atomic mass is 35.5. The van der Waals surface area contributed by atoms with Crippen LogP contribution in [0.15, 0.2) is 72.4 Å². The van der Waals surface area contributed by atoms with Gasteiger partial charge in [-0.1, -0.05) is 48.0 Å². The molecule has 0 radical (unpaired) electrons. The van der Waals surface area contributed by atoms with Crippen molar-refractivity contribution in [1.82, 2.24) is 10.2 Å². The second-order valence-corrected chi connectivity index (χ2v) is 8.48. The summed E-state index contributed by atoms with van der Waals surface area (Å²) in [5, 5.41) is 3.56. The predicted molar refractivity (Wildman–Crippen MR) is 134 cm³/mol. The Labute approximate surface area is 207 Å². The van der Waals surface area contributed by atoms with Gasteiger partial charge in [-0.25, -0.2) is 4.39 Å². The highest BCUT2D eigenvalue weighted by molar-refractivity contribution is 7.80. The first kappa shape index (κ1) is 23.7. The quantitative estimate of drug-likeness (QED) is 0.327. The van der Waals surface area contributed by atoms with Gasteiger partial charge in [0.15, 0.2) is 5.11 Å². The van der Waals surface area contributed by atoms with Crippen LogP contribution >= 0.6 is 23.8 Å². The van der Waals surface area contributed by atoms with E-state index in [4.69, 9.17) is 33.3 Å². The summed E-state index contributed by atoms with van der Waals surface area (Å²) in [6.45, 7) is 2.08. The van der Waals surface area contributed by atoms with Crippen LogP contribution in [0, 0.1) is 5.82 Å². The molecule has 0 saturated carbocycles. The summed E-state index contributed by atoms with van der Waals surface area (Å²) in [7, 11) is 1.56. The van der Waals surface area contributed by atoms with E-state index < -0.39 is 5.82 Å². The lowest BCUT2D eigenvalue weighted by Crippen LogP contribution is -2.33. The maximum absolute atomic E-state index is 13.3. The number of methoxy groups -OCH3 is 1. The number of rotatable bonds is 7. The topological polar surface area (TPSA) is 50.8 Å². The predicted octanol–water partition coefficient (Wildman–Crippen LogP) is 5.89. The minimum Gasteiger partial charge on any atom is -0.496 e. The Bertz CT molecular complexity index is 1270. The molecule has 3 aromatic rings. The van der Waals surface area contributed by atoms with Crippen molar-refractivity contribution in [2.45, 2.75) is 19.6 Å². The van der Waals surface area contributed by atoms with Crippen LogP contribution in [0.1, 0.15) is 29.7 Å². The Hall–Kier alpha value is -3.42. The molecule has 0 aromatic heterocycles. The average molecular weight is 497 g/mol. The lowest BCUT2D eigenvalue weighted by atomic mass is 10.1. The molecular weight excluding hydrogens is 475 g/mol. The molecule has 174 valence electrons. The highest BCUT2D eigenvalue weighted by Crippen LogP contribution is 2.29. The van der Waals surface area contributed by atoms with E-state index in [1.165, 1.54) is 18.2 Å². The van der Waals surface area contributed by atoms with Crippen LogP contribution in [-0.4, -0.2) is 23.0 Å². The Morgan fingerprint density at radius 3 is 2.56 bits per heavy atom. The number of hydrogen-bond donors (Lipinski definition) is 1. The molecule has 1 aliphatic rings.